The van der Waals surface area contributed by atoms with Gasteiger partial charge >= 0.3 is 0 Å². The van der Waals surface area contributed by atoms with Crippen molar-refractivity contribution in [2.45, 2.75) is 44.2 Å². The van der Waals surface area contributed by atoms with Crippen LogP contribution in [0.25, 0.3) is 0 Å². The summed E-state index contributed by atoms with van der Waals surface area (Å²) in [6, 6.07) is 4.91. The summed E-state index contributed by atoms with van der Waals surface area (Å²) in [5.41, 5.74) is 0. The molecular weight excluding hydrogens is 250 g/mol. The second-order valence-corrected chi connectivity index (χ2v) is 5.74. The van der Waals surface area contributed by atoms with Crippen molar-refractivity contribution in [3.8, 4) is 0 Å². The number of piperidine rings is 1. The zero-order valence-corrected chi connectivity index (χ0v) is 11.1. The Morgan fingerprint density at radius 3 is 2.50 bits per heavy atom. The number of rotatable bonds is 3. The zero-order chi connectivity index (χ0) is 12.5. The molecule has 2 bridgehead atoms. The summed E-state index contributed by atoms with van der Waals surface area (Å²) in [7, 11) is 0. The van der Waals surface area contributed by atoms with Crippen molar-refractivity contribution >= 4 is 17.4 Å². The molecule has 98 valence electrons. The number of aliphatic hydroxyl groups excluding tert-OH is 1. The van der Waals surface area contributed by atoms with Crippen molar-refractivity contribution in [1.82, 2.24) is 10.2 Å². The van der Waals surface area contributed by atoms with Gasteiger partial charge in [0.1, 0.15) is 0 Å². The number of hydrogen-bond donors (Lipinski definition) is 1. The van der Waals surface area contributed by atoms with Gasteiger partial charge in [-0.25, -0.2) is 0 Å². The van der Waals surface area contributed by atoms with Crippen molar-refractivity contribution in [2.24, 2.45) is 5.92 Å². The fraction of sp³-hybridized carbons (Fsp3) is 0.692. The fourth-order valence-corrected chi connectivity index (χ4v) is 3.63. The van der Waals surface area contributed by atoms with Crippen LogP contribution in [0.1, 0.15) is 32.1 Å². The highest BCUT2D eigenvalue weighted by Crippen LogP contribution is 2.41. The third-order valence-corrected chi connectivity index (χ3v) is 4.45. The molecule has 1 N–H and O–H groups in total. The highest BCUT2D eigenvalue weighted by molar-refractivity contribution is 6.29. The van der Waals surface area contributed by atoms with E-state index in [1.54, 1.807) is 0 Å². The standard InChI is InChI=1S/C13H18ClN3O/c14-12-3-4-13(16-15-12)17-10-1-2-11(17)8-9(7-10)5-6-18/h3-4,9-11,18H,1-2,5-8H2. The van der Waals surface area contributed by atoms with E-state index in [0.29, 0.717) is 29.8 Å². The molecule has 1 aromatic rings. The van der Waals surface area contributed by atoms with E-state index in [1.165, 1.54) is 25.7 Å². The predicted molar refractivity (Wildman–Crippen MR) is 70.8 cm³/mol. The topological polar surface area (TPSA) is 49.2 Å². The van der Waals surface area contributed by atoms with Crippen molar-refractivity contribution in [1.29, 1.82) is 0 Å². The minimum Gasteiger partial charge on any atom is -0.396 e. The van der Waals surface area contributed by atoms with Crippen molar-refractivity contribution < 1.29 is 5.11 Å². The number of aromatic nitrogens is 2. The largest absolute Gasteiger partial charge is 0.396 e. The van der Waals surface area contributed by atoms with Gasteiger partial charge in [0.15, 0.2) is 11.0 Å². The summed E-state index contributed by atoms with van der Waals surface area (Å²) in [6.45, 7) is 0.310. The maximum atomic E-state index is 9.07. The Morgan fingerprint density at radius 1 is 1.22 bits per heavy atom. The van der Waals surface area contributed by atoms with Crippen LogP contribution in [0.15, 0.2) is 12.1 Å². The Labute approximate surface area is 112 Å². The van der Waals surface area contributed by atoms with Crippen LogP contribution in [0.3, 0.4) is 0 Å². The van der Waals surface area contributed by atoms with Gasteiger partial charge in [-0.2, -0.15) is 0 Å². The first kappa shape index (κ1) is 12.2. The molecule has 0 radical (unpaired) electrons. The molecule has 2 fully saturated rings. The van der Waals surface area contributed by atoms with E-state index in [-0.39, 0.29) is 0 Å². The number of hydrogen-bond acceptors (Lipinski definition) is 4. The fourth-order valence-electron chi connectivity index (χ4n) is 3.53. The van der Waals surface area contributed by atoms with Crippen LogP contribution in [0, 0.1) is 5.92 Å². The quantitative estimate of drug-likeness (QED) is 0.913. The molecule has 2 aliphatic rings. The number of fused-ring (bicyclic) bond motifs is 2. The summed E-state index contributed by atoms with van der Waals surface area (Å²) in [6.07, 6.45) is 5.74. The van der Waals surface area contributed by atoms with Gasteiger partial charge < -0.3 is 10.0 Å². The van der Waals surface area contributed by atoms with Crippen LogP contribution >= 0.6 is 11.6 Å². The Hall–Kier alpha value is -0.870. The van der Waals surface area contributed by atoms with Gasteiger partial charge in [0.05, 0.1) is 0 Å². The molecule has 5 heteroatoms. The average Bonchev–Trinajstić information content (AvgIpc) is 2.63. The van der Waals surface area contributed by atoms with Gasteiger partial charge in [0.25, 0.3) is 0 Å². The van der Waals surface area contributed by atoms with Crippen molar-refractivity contribution in [3.63, 3.8) is 0 Å². The molecule has 0 amide bonds. The van der Waals surface area contributed by atoms with Crippen LogP contribution < -0.4 is 4.90 Å². The smallest absolute Gasteiger partial charge is 0.151 e. The summed E-state index contributed by atoms with van der Waals surface area (Å²) in [4.78, 5) is 2.41. The van der Waals surface area contributed by atoms with E-state index >= 15 is 0 Å². The van der Waals surface area contributed by atoms with Crippen LogP contribution in [0.2, 0.25) is 5.15 Å². The van der Waals surface area contributed by atoms with Crippen LogP contribution in [0.5, 0.6) is 0 Å². The van der Waals surface area contributed by atoms with E-state index in [4.69, 9.17) is 16.7 Å². The maximum absolute atomic E-state index is 9.07. The summed E-state index contributed by atoms with van der Waals surface area (Å²) < 4.78 is 0. The molecular formula is C13H18ClN3O. The molecule has 2 saturated heterocycles. The van der Waals surface area contributed by atoms with Crippen molar-refractivity contribution in [2.75, 3.05) is 11.5 Å². The molecule has 2 aliphatic heterocycles. The second-order valence-electron chi connectivity index (χ2n) is 5.36. The van der Waals surface area contributed by atoms with Crippen molar-refractivity contribution in [3.05, 3.63) is 17.3 Å². The van der Waals surface area contributed by atoms with Crippen LogP contribution in [-0.2, 0) is 0 Å². The third-order valence-electron chi connectivity index (χ3n) is 4.25. The Bertz CT molecular complexity index is 397. The first-order valence-corrected chi connectivity index (χ1v) is 7.04. The predicted octanol–water partition coefficient (Wildman–Crippen LogP) is 2.26. The lowest BCUT2D eigenvalue weighted by Crippen LogP contribution is -2.43. The highest BCUT2D eigenvalue weighted by atomic mass is 35.5. The Kier molecular flexibility index (Phi) is 3.39. The SMILES string of the molecule is OCCC1CC2CCC(C1)N2c1ccc(Cl)nn1. The average molecular weight is 268 g/mol. The van der Waals surface area contributed by atoms with Gasteiger partial charge in [-0.1, -0.05) is 11.6 Å². The van der Waals surface area contributed by atoms with Gasteiger partial charge in [-0.05, 0) is 50.2 Å². The van der Waals surface area contributed by atoms with E-state index in [2.05, 4.69) is 15.1 Å². The number of aliphatic hydroxyl groups is 1. The summed E-state index contributed by atoms with van der Waals surface area (Å²) in [5, 5.41) is 17.7. The number of anilines is 1. The van der Waals surface area contributed by atoms with E-state index in [0.717, 1.165) is 12.2 Å². The molecule has 0 spiro atoms. The monoisotopic (exact) mass is 267 g/mol. The highest BCUT2D eigenvalue weighted by Gasteiger charge is 2.41. The third kappa shape index (κ3) is 2.19. The number of halogens is 1. The molecule has 0 aromatic carbocycles. The van der Waals surface area contributed by atoms with Gasteiger partial charge in [0.2, 0.25) is 0 Å². The lowest BCUT2D eigenvalue weighted by atomic mass is 9.88. The van der Waals surface area contributed by atoms with Crippen LogP contribution in [-0.4, -0.2) is 34.0 Å². The van der Waals surface area contributed by atoms with E-state index < -0.39 is 0 Å². The molecule has 1 aromatic heterocycles. The second kappa shape index (κ2) is 5.02. The molecule has 0 aliphatic carbocycles. The van der Waals surface area contributed by atoms with Gasteiger partial charge in [-0.3, -0.25) is 0 Å². The molecule has 3 rings (SSSR count). The molecule has 0 saturated carbocycles. The molecule has 2 unspecified atom stereocenters. The minimum absolute atomic E-state index is 0.310. The minimum atomic E-state index is 0.310. The van der Waals surface area contributed by atoms with Gasteiger partial charge in [-0.15, -0.1) is 10.2 Å². The summed E-state index contributed by atoms with van der Waals surface area (Å²) >= 11 is 5.78. The zero-order valence-electron chi connectivity index (χ0n) is 10.3. The lowest BCUT2D eigenvalue weighted by molar-refractivity contribution is 0.225. The Balaban J connectivity index is 1.77. The number of nitrogens with zero attached hydrogens (tertiary/aromatic N) is 3. The first-order chi connectivity index (χ1) is 8.78. The molecule has 4 nitrogen and oxygen atoms in total. The van der Waals surface area contributed by atoms with E-state index in [1.807, 2.05) is 12.1 Å². The molecule has 18 heavy (non-hydrogen) atoms. The molecule has 2 atom stereocenters. The van der Waals surface area contributed by atoms with E-state index in [9.17, 15) is 0 Å². The lowest BCUT2D eigenvalue weighted by Gasteiger charge is -2.39. The van der Waals surface area contributed by atoms with Crippen LogP contribution in [0.4, 0.5) is 5.82 Å². The Morgan fingerprint density at radius 2 is 1.94 bits per heavy atom. The normalized spacial score (nSPS) is 30.8. The maximum Gasteiger partial charge on any atom is 0.151 e. The van der Waals surface area contributed by atoms with Gasteiger partial charge in [0, 0.05) is 18.7 Å². The summed E-state index contributed by atoms with van der Waals surface area (Å²) in [5.74, 6) is 1.62. The first-order valence-electron chi connectivity index (χ1n) is 6.66. The molecule has 3 heterocycles.